The van der Waals surface area contributed by atoms with Gasteiger partial charge in [-0.05, 0) is 48.9 Å². The predicted molar refractivity (Wildman–Crippen MR) is 82.0 cm³/mol. The number of aromatic amines is 1. The van der Waals surface area contributed by atoms with E-state index in [0.717, 1.165) is 23.5 Å². The third-order valence-electron chi connectivity index (χ3n) is 3.38. The first-order valence-electron chi connectivity index (χ1n) is 6.86. The minimum Gasteiger partial charge on any atom is -0.490 e. The van der Waals surface area contributed by atoms with Crippen molar-refractivity contribution in [1.82, 2.24) is 10.2 Å². The Labute approximate surface area is 126 Å². The number of carbonyl (C=O) groups is 1. The van der Waals surface area contributed by atoms with Gasteiger partial charge < -0.3 is 9.84 Å². The standard InChI is InChI=1S/C15H16N2O3S/c18-15(19)14-8-13(16-17-14)10-3-5-11(6-4-10)20-12-2-1-7-21-9-12/h3-6,8,12H,1-2,7,9H2,(H,16,17)(H,18,19). The highest BCUT2D eigenvalue weighted by molar-refractivity contribution is 7.99. The molecule has 0 aliphatic carbocycles. The number of hydrogen-bond donors (Lipinski definition) is 2. The van der Waals surface area contributed by atoms with Crippen LogP contribution in [-0.2, 0) is 0 Å². The molecule has 1 aliphatic rings. The lowest BCUT2D eigenvalue weighted by molar-refractivity contribution is 0.0690. The van der Waals surface area contributed by atoms with E-state index in [1.807, 2.05) is 36.0 Å². The van der Waals surface area contributed by atoms with Crippen LogP contribution in [0.4, 0.5) is 0 Å². The Morgan fingerprint density at radius 1 is 1.38 bits per heavy atom. The molecule has 3 rings (SSSR count). The molecule has 1 aliphatic heterocycles. The molecule has 5 nitrogen and oxygen atoms in total. The highest BCUT2D eigenvalue weighted by Crippen LogP contribution is 2.25. The second kappa shape index (κ2) is 6.22. The van der Waals surface area contributed by atoms with Crippen molar-refractivity contribution in [2.45, 2.75) is 18.9 Å². The summed E-state index contributed by atoms with van der Waals surface area (Å²) in [6.07, 6.45) is 2.60. The van der Waals surface area contributed by atoms with Gasteiger partial charge in [0.15, 0.2) is 0 Å². The number of hydrogen-bond acceptors (Lipinski definition) is 4. The van der Waals surface area contributed by atoms with Gasteiger partial charge in [-0.25, -0.2) is 4.79 Å². The van der Waals surface area contributed by atoms with Gasteiger partial charge in [-0.2, -0.15) is 16.9 Å². The van der Waals surface area contributed by atoms with E-state index in [9.17, 15) is 4.79 Å². The van der Waals surface area contributed by atoms with Crippen LogP contribution >= 0.6 is 11.8 Å². The zero-order chi connectivity index (χ0) is 14.7. The molecule has 1 aromatic carbocycles. The zero-order valence-electron chi connectivity index (χ0n) is 11.4. The average Bonchev–Trinajstić information content (AvgIpc) is 2.99. The maximum Gasteiger partial charge on any atom is 0.353 e. The normalized spacial score (nSPS) is 18.4. The van der Waals surface area contributed by atoms with Crippen molar-refractivity contribution in [2.75, 3.05) is 11.5 Å². The minimum absolute atomic E-state index is 0.0876. The highest BCUT2D eigenvalue weighted by Gasteiger charge is 2.15. The average molecular weight is 304 g/mol. The lowest BCUT2D eigenvalue weighted by Gasteiger charge is -2.22. The number of nitrogens with zero attached hydrogens (tertiary/aromatic N) is 1. The number of thioether (sulfide) groups is 1. The van der Waals surface area contributed by atoms with Gasteiger partial charge in [-0.3, -0.25) is 5.10 Å². The van der Waals surface area contributed by atoms with Crippen LogP contribution in [0.5, 0.6) is 5.75 Å². The van der Waals surface area contributed by atoms with E-state index in [2.05, 4.69) is 10.2 Å². The maximum absolute atomic E-state index is 10.8. The number of aromatic nitrogens is 2. The smallest absolute Gasteiger partial charge is 0.353 e. The van der Waals surface area contributed by atoms with Crippen LogP contribution in [0.1, 0.15) is 23.3 Å². The number of H-pyrrole nitrogens is 1. The lowest BCUT2D eigenvalue weighted by atomic mass is 10.1. The molecule has 2 N–H and O–H groups in total. The van der Waals surface area contributed by atoms with Crippen LogP contribution in [0.2, 0.25) is 0 Å². The number of ether oxygens (including phenoxy) is 1. The van der Waals surface area contributed by atoms with Gasteiger partial charge in [-0.15, -0.1) is 0 Å². The third-order valence-corrected chi connectivity index (χ3v) is 4.56. The fraction of sp³-hybridized carbons (Fsp3) is 0.333. The first kappa shape index (κ1) is 14.0. The van der Waals surface area contributed by atoms with Crippen molar-refractivity contribution < 1.29 is 14.6 Å². The molecule has 110 valence electrons. The van der Waals surface area contributed by atoms with Gasteiger partial charge >= 0.3 is 5.97 Å². The van der Waals surface area contributed by atoms with E-state index in [0.29, 0.717) is 11.8 Å². The number of carboxylic acids is 1. The monoisotopic (exact) mass is 304 g/mol. The molecule has 6 heteroatoms. The van der Waals surface area contributed by atoms with Crippen molar-refractivity contribution >= 4 is 17.7 Å². The molecule has 2 heterocycles. The molecule has 1 aromatic heterocycles. The number of aromatic carboxylic acids is 1. The van der Waals surface area contributed by atoms with Crippen LogP contribution in [0, 0.1) is 0 Å². The quantitative estimate of drug-likeness (QED) is 0.908. The lowest BCUT2D eigenvalue weighted by Crippen LogP contribution is -2.23. The zero-order valence-corrected chi connectivity index (χ0v) is 12.2. The van der Waals surface area contributed by atoms with Crippen LogP contribution in [-0.4, -0.2) is 38.9 Å². The highest BCUT2D eigenvalue weighted by atomic mass is 32.2. The number of benzene rings is 1. The summed E-state index contributed by atoms with van der Waals surface area (Å²) < 4.78 is 5.95. The summed E-state index contributed by atoms with van der Waals surface area (Å²) >= 11 is 1.93. The van der Waals surface area contributed by atoms with Crippen molar-refractivity contribution in [3.63, 3.8) is 0 Å². The van der Waals surface area contributed by atoms with E-state index in [-0.39, 0.29) is 5.69 Å². The Hall–Kier alpha value is -1.95. The molecule has 1 fully saturated rings. The number of rotatable bonds is 4. The van der Waals surface area contributed by atoms with Gasteiger partial charge in [0.1, 0.15) is 17.5 Å². The maximum atomic E-state index is 10.8. The van der Waals surface area contributed by atoms with Gasteiger partial charge in [0.2, 0.25) is 0 Å². The summed E-state index contributed by atoms with van der Waals surface area (Å²) in [5, 5.41) is 15.4. The second-order valence-electron chi connectivity index (χ2n) is 4.95. The summed E-state index contributed by atoms with van der Waals surface area (Å²) in [5.41, 5.74) is 1.57. The Morgan fingerprint density at radius 2 is 2.19 bits per heavy atom. The van der Waals surface area contributed by atoms with Crippen LogP contribution in [0.25, 0.3) is 11.3 Å². The Balaban J connectivity index is 1.69. The molecule has 1 atom stereocenters. The van der Waals surface area contributed by atoms with Crippen molar-refractivity contribution in [3.05, 3.63) is 36.0 Å². The molecule has 2 aromatic rings. The van der Waals surface area contributed by atoms with Gasteiger partial charge in [-0.1, -0.05) is 0 Å². The van der Waals surface area contributed by atoms with E-state index in [4.69, 9.17) is 9.84 Å². The molecular weight excluding hydrogens is 288 g/mol. The predicted octanol–water partition coefficient (Wildman–Crippen LogP) is 3.05. The van der Waals surface area contributed by atoms with Crippen LogP contribution < -0.4 is 4.74 Å². The fourth-order valence-corrected chi connectivity index (χ4v) is 3.32. The molecule has 0 spiro atoms. The van der Waals surface area contributed by atoms with Crippen molar-refractivity contribution in [3.8, 4) is 17.0 Å². The van der Waals surface area contributed by atoms with Crippen LogP contribution in [0.3, 0.4) is 0 Å². The Bertz CT molecular complexity index is 618. The molecule has 0 amide bonds. The molecule has 0 bridgehead atoms. The molecule has 21 heavy (non-hydrogen) atoms. The third kappa shape index (κ3) is 3.39. The minimum atomic E-state index is -1.01. The first-order valence-corrected chi connectivity index (χ1v) is 8.01. The summed E-state index contributed by atoms with van der Waals surface area (Å²) in [7, 11) is 0. The summed E-state index contributed by atoms with van der Waals surface area (Å²) in [5.74, 6) is 2.11. The van der Waals surface area contributed by atoms with Crippen molar-refractivity contribution in [2.24, 2.45) is 0 Å². The van der Waals surface area contributed by atoms with Gasteiger partial charge in [0, 0.05) is 11.3 Å². The van der Waals surface area contributed by atoms with Crippen LogP contribution in [0.15, 0.2) is 30.3 Å². The second-order valence-corrected chi connectivity index (χ2v) is 6.10. The SMILES string of the molecule is O=C(O)c1cc(-c2ccc(OC3CCCSC3)cc2)n[nH]1. The van der Waals surface area contributed by atoms with Crippen molar-refractivity contribution in [1.29, 1.82) is 0 Å². The fourth-order valence-electron chi connectivity index (χ4n) is 2.28. The van der Waals surface area contributed by atoms with Gasteiger partial charge in [0.05, 0.1) is 5.69 Å². The Morgan fingerprint density at radius 3 is 2.81 bits per heavy atom. The van der Waals surface area contributed by atoms with E-state index in [1.54, 1.807) is 0 Å². The summed E-state index contributed by atoms with van der Waals surface area (Å²) in [4.78, 5) is 10.8. The van der Waals surface area contributed by atoms with E-state index in [1.165, 1.54) is 18.2 Å². The molecule has 0 saturated carbocycles. The summed E-state index contributed by atoms with van der Waals surface area (Å²) in [6.45, 7) is 0. The van der Waals surface area contributed by atoms with E-state index >= 15 is 0 Å². The summed E-state index contributed by atoms with van der Waals surface area (Å²) in [6, 6.07) is 9.13. The molecule has 0 radical (unpaired) electrons. The Kier molecular flexibility index (Phi) is 4.15. The van der Waals surface area contributed by atoms with E-state index < -0.39 is 5.97 Å². The molecule has 1 unspecified atom stereocenters. The number of carboxylic acid groups (broad SMARTS) is 1. The molecule has 1 saturated heterocycles. The first-order chi connectivity index (χ1) is 10.2. The topological polar surface area (TPSA) is 75.2 Å². The number of nitrogens with one attached hydrogen (secondary N) is 1. The molecular formula is C15H16N2O3S. The largest absolute Gasteiger partial charge is 0.490 e. The van der Waals surface area contributed by atoms with Gasteiger partial charge in [0.25, 0.3) is 0 Å².